The first-order chi connectivity index (χ1) is 12.8. The van der Waals surface area contributed by atoms with Crippen molar-refractivity contribution in [1.29, 1.82) is 0 Å². The molecule has 0 saturated carbocycles. The molecule has 0 radical (unpaired) electrons. The topological polar surface area (TPSA) is 66.5 Å². The first-order valence-corrected chi connectivity index (χ1v) is 10.0. The molecule has 0 aliphatic carbocycles. The van der Waals surface area contributed by atoms with Crippen molar-refractivity contribution < 1.29 is 22.0 Å². The van der Waals surface area contributed by atoms with Gasteiger partial charge in [0.1, 0.15) is 17.3 Å². The van der Waals surface area contributed by atoms with Crippen molar-refractivity contribution in [2.24, 2.45) is 5.92 Å². The number of hydrogen-bond donors (Lipinski definition) is 1. The number of benzene rings is 2. The van der Waals surface area contributed by atoms with Gasteiger partial charge in [0.15, 0.2) is 0 Å². The van der Waals surface area contributed by atoms with E-state index in [1.807, 2.05) is 6.92 Å². The van der Waals surface area contributed by atoms with Crippen molar-refractivity contribution in [2.45, 2.75) is 24.7 Å². The van der Waals surface area contributed by atoms with Gasteiger partial charge in [-0.15, -0.1) is 0 Å². The van der Waals surface area contributed by atoms with Crippen LogP contribution in [0, 0.1) is 24.5 Å². The Kier molecular flexibility index (Phi) is 5.57. The molecule has 0 unspecified atom stereocenters. The molecule has 2 aromatic carbocycles. The van der Waals surface area contributed by atoms with E-state index in [0.29, 0.717) is 0 Å². The SMILES string of the molecule is Cc1ccc(S(=O)(=O)N2CCC(C(=O)Nc3c(F)cccc3F)CC2)cc1. The van der Waals surface area contributed by atoms with Gasteiger partial charge in [-0.3, -0.25) is 4.79 Å². The summed E-state index contributed by atoms with van der Waals surface area (Å²) in [6.45, 7) is 2.22. The molecule has 1 fully saturated rings. The van der Waals surface area contributed by atoms with Gasteiger partial charge in [-0.2, -0.15) is 4.31 Å². The average molecular weight is 394 g/mol. The second kappa shape index (κ2) is 7.74. The standard InChI is InChI=1S/C19H20F2N2O3S/c1-13-5-7-15(8-6-13)27(25,26)23-11-9-14(10-12-23)19(24)22-18-16(20)3-2-4-17(18)21/h2-8,14H,9-12H2,1H3,(H,22,24). The number of rotatable bonds is 4. The Hall–Kier alpha value is -2.32. The van der Waals surface area contributed by atoms with Crippen molar-refractivity contribution in [3.05, 3.63) is 59.7 Å². The van der Waals surface area contributed by atoms with Crippen LogP contribution in [0.3, 0.4) is 0 Å². The summed E-state index contributed by atoms with van der Waals surface area (Å²) in [6, 6.07) is 9.93. The normalized spacial score (nSPS) is 16.3. The van der Waals surface area contributed by atoms with Gasteiger partial charge >= 0.3 is 0 Å². The molecule has 0 bridgehead atoms. The lowest BCUT2D eigenvalue weighted by Gasteiger charge is -2.30. The lowest BCUT2D eigenvalue weighted by molar-refractivity contribution is -0.121. The minimum atomic E-state index is -3.62. The highest BCUT2D eigenvalue weighted by atomic mass is 32.2. The number of sulfonamides is 1. The van der Waals surface area contributed by atoms with Crippen LogP contribution in [-0.4, -0.2) is 31.7 Å². The number of aryl methyl sites for hydroxylation is 1. The number of carbonyl (C=O) groups excluding carboxylic acids is 1. The molecule has 144 valence electrons. The molecule has 27 heavy (non-hydrogen) atoms. The van der Waals surface area contributed by atoms with E-state index in [4.69, 9.17) is 0 Å². The monoisotopic (exact) mass is 394 g/mol. The van der Waals surface area contributed by atoms with E-state index in [1.54, 1.807) is 24.3 Å². The Labute approximate surface area is 157 Å². The number of carbonyl (C=O) groups is 1. The Morgan fingerprint density at radius 2 is 1.59 bits per heavy atom. The fourth-order valence-electron chi connectivity index (χ4n) is 3.06. The number of piperidine rings is 1. The van der Waals surface area contributed by atoms with Crippen molar-refractivity contribution in [1.82, 2.24) is 4.31 Å². The zero-order valence-corrected chi connectivity index (χ0v) is 15.6. The highest BCUT2D eigenvalue weighted by molar-refractivity contribution is 7.89. The number of para-hydroxylation sites is 1. The van der Waals surface area contributed by atoms with E-state index in [1.165, 1.54) is 10.4 Å². The largest absolute Gasteiger partial charge is 0.321 e. The summed E-state index contributed by atoms with van der Waals surface area (Å²) >= 11 is 0. The summed E-state index contributed by atoms with van der Waals surface area (Å²) in [6.07, 6.45) is 0.569. The molecular weight excluding hydrogens is 374 g/mol. The summed E-state index contributed by atoms with van der Waals surface area (Å²) in [5.74, 6) is -2.70. The number of anilines is 1. The van der Waals surface area contributed by atoms with E-state index >= 15 is 0 Å². The molecular formula is C19H20F2N2O3S. The maximum absolute atomic E-state index is 13.7. The zero-order chi connectivity index (χ0) is 19.6. The summed E-state index contributed by atoms with van der Waals surface area (Å²) < 4.78 is 54.0. The molecule has 1 N–H and O–H groups in total. The second-order valence-electron chi connectivity index (χ2n) is 6.58. The van der Waals surface area contributed by atoms with Gasteiger partial charge in [0, 0.05) is 19.0 Å². The third-order valence-electron chi connectivity index (χ3n) is 4.69. The van der Waals surface area contributed by atoms with E-state index in [9.17, 15) is 22.0 Å². The molecule has 1 aliphatic heterocycles. The highest BCUT2D eigenvalue weighted by Gasteiger charge is 2.32. The van der Waals surface area contributed by atoms with Crippen LogP contribution in [0.2, 0.25) is 0 Å². The van der Waals surface area contributed by atoms with Crippen LogP contribution in [0.25, 0.3) is 0 Å². The predicted molar refractivity (Wildman–Crippen MR) is 97.6 cm³/mol. The highest BCUT2D eigenvalue weighted by Crippen LogP contribution is 2.26. The first-order valence-electron chi connectivity index (χ1n) is 8.61. The van der Waals surface area contributed by atoms with Crippen LogP contribution in [0.15, 0.2) is 47.4 Å². The summed E-state index contributed by atoms with van der Waals surface area (Å²) in [4.78, 5) is 12.5. The van der Waals surface area contributed by atoms with Crippen LogP contribution in [-0.2, 0) is 14.8 Å². The molecule has 0 spiro atoms. The quantitative estimate of drug-likeness (QED) is 0.865. The molecule has 1 amide bonds. The third-order valence-corrected chi connectivity index (χ3v) is 6.61. The van der Waals surface area contributed by atoms with Crippen molar-refractivity contribution >= 4 is 21.6 Å². The van der Waals surface area contributed by atoms with Crippen LogP contribution in [0.5, 0.6) is 0 Å². The van der Waals surface area contributed by atoms with Crippen LogP contribution in [0.4, 0.5) is 14.5 Å². The molecule has 1 saturated heterocycles. The summed E-state index contributed by atoms with van der Waals surface area (Å²) in [5.41, 5.74) is 0.488. The van der Waals surface area contributed by atoms with Gasteiger partial charge in [-0.1, -0.05) is 23.8 Å². The number of nitrogens with zero attached hydrogens (tertiary/aromatic N) is 1. The van der Waals surface area contributed by atoms with Crippen LogP contribution in [0.1, 0.15) is 18.4 Å². The fourth-order valence-corrected chi connectivity index (χ4v) is 4.53. The Morgan fingerprint density at radius 3 is 2.15 bits per heavy atom. The van der Waals surface area contributed by atoms with E-state index in [0.717, 1.165) is 17.7 Å². The van der Waals surface area contributed by atoms with E-state index in [2.05, 4.69) is 5.32 Å². The number of amides is 1. The minimum absolute atomic E-state index is 0.175. The van der Waals surface area contributed by atoms with E-state index in [-0.39, 0.29) is 30.8 Å². The maximum Gasteiger partial charge on any atom is 0.243 e. The maximum atomic E-state index is 13.7. The molecule has 3 rings (SSSR count). The molecule has 5 nitrogen and oxygen atoms in total. The average Bonchev–Trinajstić information content (AvgIpc) is 2.65. The van der Waals surface area contributed by atoms with Gasteiger partial charge in [-0.25, -0.2) is 17.2 Å². The molecule has 0 atom stereocenters. The van der Waals surface area contributed by atoms with Crippen LogP contribution >= 0.6 is 0 Å². The van der Waals surface area contributed by atoms with Gasteiger partial charge in [0.05, 0.1) is 4.90 Å². The zero-order valence-electron chi connectivity index (χ0n) is 14.8. The van der Waals surface area contributed by atoms with Gasteiger partial charge in [-0.05, 0) is 44.0 Å². The molecule has 0 aromatic heterocycles. The van der Waals surface area contributed by atoms with E-state index < -0.39 is 39.2 Å². The van der Waals surface area contributed by atoms with Crippen molar-refractivity contribution in [2.75, 3.05) is 18.4 Å². The van der Waals surface area contributed by atoms with Gasteiger partial charge < -0.3 is 5.32 Å². The molecule has 1 heterocycles. The van der Waals surface area contributed by atoms with Crippen molar-refractivity contribution in [3.8, 4) is 0 Å². The molecule has 1 aliphatic rings. The Morgan fingerprint density at radius 1 is 1.04 bits per heavy atom. The molecule has 2 aromatic rings. The van der Waals surface area contributed by atoms with Gasteiger partial charge in [0.25, 0.3) is 0 Å². The predicted octanol–water partition coefficient (Wildman–Crippen LogP) is 3.31. The lowest BCUT2D eigenvalue weighted by Crippen LogP contribution is -2.41. The number of hydrogen-bond acceptors (Lipinski definition) is 3. The lowest BCUT2D eigenvalue weighted by atomic mass is 9.97. The van der Waals surface area contributed by atoms with Crippen LogP contribution < -0.4 is 5.32 Å². The minimum Gasteiger partial charge on any atom is -0.321 e. The summed E-state index contributed by atoms with van der Waals surface area (Å²) in [5, 5.41) is 2.28. The van der Waals surface area contributed by atoms with Crippen molar-refractivity contribution in [3.63, 3.8) is 0 Å². The Bertz CT molecular complexity index is 918. The second-order valence-corrected chi connectivity index (χ2v) is 8.52. The summed E-state index contributed by atoms with van der Waals surface area (Å²) in [7, 11) is -3.62. The fraction of sp³-hybridized carbons (Fsp3) is 0.316. The number of nitrogens with one attached hydrogen (secondary N) is 1. The molecule has 8 heteroatoms. The first kappa shape index (κ1) is 19.4. The number of halogens is 2. The Balaban J connectivity index is 1.64. The third kappa shape index (κ3) is 4.17. The van der Waals surface area contributed by atoms with Gasteiger partial charge in [0.2, 0.25) is 15.9 Å². The smallest absolute Gasteiger partial charge is 0.243 e.